The summed E-state index contributed by atoms with van der Waals surface area (Å²) in [5, 5.41) is 0. The molecule has 2 rings (SSSR count). The number of benzene rings is 2. The molecule has 0 fully saturated rings. The maximum atomic E-state index is 12.1. The van der Waals surface area contributed by atoms with E-state index in [2.05, 4.69) is 22.9 Å². The molecular weight excluding hydrogens is 344 g/mol. The van der Waals surface area contributed by atoms with Gasteiger partial charge in [0, 0.05) is 4.47 Å². The third kappa shape index (κ3) is 4.60. The molecule has 0 saturated carbocycles. The van der Waals surface area contributed by atoms with Crippen LogP contribution in [0.2, 0.25) is 0 Å². The number of aryl methyl sites for hydroxylation is 1. The van der Waals surface area contributed by atoms with Gasteiger partial charge in [0.15, 0.2) is 0 Å². The molecule has 0 atom stereocenters. The van der Waals surface area contributed by atoms with E-state index in [4.69, 9.17) is 9.47 Å². The van der Waals surface area contributed by atoms with Gasteiger partial charge in [0.2, 0.25) is 0 Å². The standard InChI is InChI=1S/C18H19BrO3/c1-3-4-11-21-16-8-5-14(6-9-16)18(20)22-17-10-7-15(19)12-13(17)2/h5-10,12H,3-4,11H2,1-2H3. The summed E-state index contributed by atoms with van der Waals surface area (Å²) in [6, 6.07) is 12.6. The van der Waals surface area contributed by atoms with Crippen molar-refractivity contribution in [2.75, 3.05) is 6.61 Å². The Morgan fingerprint density at radius 1 is 1.14 bits per heavy atom. The van der Waals surface area contributed by atoms with Gasteiger partial charge in [0.25, 0.3) is 0 Å². The van der Waals surface area contributed by atoms with Gasteiger partial charge in [0.1, 0.15) is 11.5 Å². The highest BCUT2D eigenvalue weighted by atomic mass is 79.9. The number of carbonyl (C=O) groups is 1. The average Bonchev–Trinajstić information content (AvgIpc) is 2.51. The van der Waals surface area contributed by atoms with Crippen molar-refractivity contribution in [3.63, 3.8) is 0 Å². The SMILES string of the molecule is CCCCOc1ccc(C(=O)Oc2ccc(Br)cc2C)cc1. The lowest BCUT2D eigenvalue weighted by atomic mass is 10.2. The van der Waals surface area contributed by atoms with Crippen LogP contribution >= 0.6 is 15.9 Å². The molecule has 0 unspecified atom stereocenters. The first kappa shape index (κ1) is 16.6. The Kier molecular flexibility index (Phi) is 6.01. The van der Waals surface area contributed by atoms with Gasteiger partial charge >= 0.3 is 5.97 Å². The maximum Gasteiger partial charge on any atom is 0.343 e. The molecule has 3 nitrogen and oxygen atoms in total. The minimum Gasteiger partial charge on any atom is -0.494 e. The van der Waals surface area contributed by atoms with Crippen LogP contribution in [-0.2, 0) is 0 Å². The number of rotatable bonds is 6. The van der Waals surface area contributed by atoms with Gasteiger partial charge < -0.3 is 9.47 Å². The zero-order valence-electron chi connectivity index (χ0n) is 12.8. The zero-order valence-corrected chi connectivity index (χ0v) is 14.4. The molecule has 0 aliphatic carbocycles. The monoisotopic (exact) mass is 362 g/mol. The number of carbonyl (C=O) groups excluding carboxylic acids is 1. The van der Waals surface area contributed by atoms with Crippen molar-refractivity contribution in [1.29, 1.82) is 0 Å². The first-order chi connectivity index (χ1) is 10.6. The van der Waals surface area contributed by atoms with E-state index in [0.29, 0.717) is 17.9 Å². The third-order valence-corrected chi connectivity index (χ3v) is 3.69. The topological polar surface area (TPSA) is 35.5 Å². The van der Waals surface area contributed by atoms with Crippen molar-refractivity contribution in [2.24, 2.45) is 0 Å². The largest absolute Gasteiger partial charge is 0.494 e. The number of halogens is 1. The van der Waals surface area contributed by atoms with Gasteiger partial charge in [-0.2, -0.15) is 0 Å². The highest BCUT2D eigenvalue weighted by molar-refractivity contribution is 9.10. The van der Waals surface area contributed by atoms with Gasteiger partial charge in [-0.1, -0.05) is 29.3 Å². The van der Waals surface area contributed by atoms with Crippen LogP contribution < -0.4 is 9.47 Å². The lowest BCUT2D eigenvalue weighted by molar-refractivity contribution is 0.0733. The van der Waals surface area contributed by atoms with E-state index in [1.807, 2.05) is 19.1 Å². The van der Waals surface area contributed by atoms with E-state index in [9.17, 15) is 4.79 Å². The summed E-state index contributed by atoms with van der Waals surface area (Å²) >= 11 is 3.39. The van der Waals surface area contributed by atoms with E-state index < -0.39 is 0 Å². The van der Waals surface area contributed by atoms with Crippen LogP contribution in [0.5, 0.6) is 11.5 Å². The quantitative estimate of drug-likeness (QED) is 0.404. The first-order valence-electron chi connectivity index (χ1n) is 7.31. The molecule has 0 heterocycles. The number of unbranched alkanes of at least 4 members (excludes halogenated alkanes) is 1. The average molecular weight is 363 g/mol. The molecule has 4 heteroatoms. The molecule has 0 amide bonds. The van der Waals surface area contributed by atoms with Crippen molar-refractivity contribution < 1.29 is 14.3 Å². The smallest absolute Gasteiger partial charge is 0.343 e. The van der Waals surface area contributed by atoms with Crippen molar-refractivity contribution in [2.45, 2.75) is 26.7 Å². The predicted molar refractivity (Wildman–Crippen MR) is 90.7 cm³/mol. The summed E-state index contributed by atoms with van der Waals surface area (Å²) in [6.07, 6.45) is 2.11. The molecule has 0 N–H and O–H groups in total. The molecule has 0 radical (unpaired) electrons. The fourth-order valence-electron chi connectivity index (χ4n) is 1.91. The Bertz CT molecular complexity index is 635. The summed E-state index contributed by atoms with van der Waals surface area (Å²) in [5.41, 5.74) is 1.41. The molecule has 22 heavy (non-hydrogen) atoms. The lowest BCUT2D eigenvalue weighted by Crippen LogP contribution is -2.09. The van der Waals surface area contributed by atoms with Gasteiger partial charge in [-0.15, -0.1) is 0 Å². The second-order valence-electron chi connectivity index (χ2n) is 5.03. The molecule has 2 aromatic rings. The number of hydrogen-bond donors (Lipinski definition) is 0. The van der Waals surface area contributed by atoms with Crippen LogP contribution in [0.1, 0.15) is 35.7 Å². The first-order valence-corrected chi connectivity index (χ1v) is 8.10. The van der Waals surface area contributed by atoms with Crippen LogP contribution in [0, 0.1) is 6.92 Å². The van der Waals surface area contributed by atoms with Crippen LogP contribution in [0.25, 0.3) is 0 Å². The Balaban J connectivity index is 2.00. The maximum absolute atomic E-state index is 12.1. The molecule has 0 bridgehead atoms. The van der Waals surface area contributed by atoms with Gasteiger partial charge in [-0.25, -0.2) is 4.79 Å². The normalized spacial score (nSPS) is 10.3. The second kappa shape index (κ2) is 7.99. The molecule has 2 aromatic carbocycles. The summed E-state index contributed by atoms with van der Waals surface area (Å²) in [5.74, 6) is 0.965. The van der Waals surface area contributed by atoms with E-state index in [-0.39, 0.29) is 5.97 Å². The van der Waals surface area contributed by atoms with Crippen LogP contribution in [0.3, 0.4) is 0 Å². The number of hydrogen-bond acceptors (Lipinski definition) is 3. The summed E-state index contributed by atoms with van der Waals surface area (Å²) in [4.78, 5) is 12.1. The van der Waals surface area contributed by atoms with Crippen molar-refractivity contribution in [3.8, 4) is 11.5 Å². The second-order valence-corrected chi connectivity index (χ2v) is 5.94. The Labute approximate surface area is 139 Å². The Morgan fingerprint density at radius 3 is 2.50 bits per heavy atom. The van der Waals surface area contributed by atoms with Crippen LogP contribution in [0.15, 0.2) is 46.9 Å². The van der Waals surface area contributed by atoms with E-state index in [1.54, 1.807) is 30.3 Å². The third-order valence-electron chi connectivity index (χ3n) is 3.20. The number of esters is 1. The minimum atomic E-state index is -0.370. The van der Waals surface area contributed by atoms with Crippen molar-refractivity contribution >= 4 is 21.9 Å². The highest BCUT2D eigenvalue weighted by Crippen LogP contribution is 2.23. The van der Waals surface area contributed by atoms with Gasteiger partial charge in [0.05, 0.1) is 12.2 Å². The van der Waals surface area contributed by atoms with Gasteiger partial charge in [-0.05, 0) is 61.4 Å². The number of ether oxygens (including phenoxy) is 2. The molecule has 116 valence electrons. The molecule has 0 aromatic heterocycles. The molecule has 0 saturated heterocycles. The molecular formula is C18H19BrO3. The highest BCUT2D eigenvalue weighted by Gasteiger charge is 2.10. The fraction of sp³-hybridized carbons (Fsp3) is 0.278. The Morgan fingerprint density at radius 2 is 1.86 bits per heavy atom. The predicted octanol–water partition coefficient (Wildman–Crippen LogP) is 5.16. The molecule has 0 aliphatic heterocycles. The molecule has 0 spiro atoms. The van der Waals surface area contributed by atoms with E-state index in [0.717, 1.165) is 28.6 Å². The van der Waals surface area contributed by atoms with Crippen molar-refractivity contribution in [1.82, 2.24) is 0 Å². The van der Waals surface area contributed by atoms with Crippen LogP contribution in [0.4, 0.5) is 0 Å². The fourth-order valence-corrected chi connectivity index (χ4v) is 2.38. The Hall–Kier alpha value is -1.81. The lowest BCUT2D eigenvalue weighted by Gasteiger charge is -2.09. The van der Waals surface area contributed by atoms with Crippen molar-refractivity contribution in [3.05, 3.63) is 58.1 Å². The van der Waals surface area contributed by atoms with E-state index in [1.165, 1.54) is 0 Å². The summed E-state index contributed by atoms with van der Waals surface area (Å²) < 4.78 is 12.0. The molecule has 0 aliphatic rings. The minimum absolute atomic E-state index is 0.370. The zero-order chi connectivity index (χ0) is 15.9. The van der Waals surface area contributed by atoms with Crippen LogP contribution in [-0.4, -0.2) is 12.6 Å². The summed E-state index contributed by atoms with van der Waals surface area (Å²) in [6.45, 7) is 4.71. The summed E-state index contributed by atoms with van der Waals surface area (Å²) in [7, 11) is 0. The van der Waals surface area contributed by atoms with E-state index >= 15 is 0 Å². The van der Waals surface area contributed by atoms with Gasteiger partial charge in [-0.3, -0.25) is 0 Å².